The third-order valence-corrected chi connectivity index (χ3v) is 4.44. The molecule has 0 spiro atoms. The lowest BCUT2D eigenvalue weighted by Crippen LogP contribution is -2.23. The maximum atomic E-state index is 12.8. The van der Waals surface area contributed by atoms with E-state index in [1.807, 2.05) is 79.9 Å². The normalized spacial score (nSPS) is 10.9. The van der Waals surface area contributed by atoms with Crippen molar-refractivity contribution in [2.45, 2.75) is 13.8 Å². The van der Waals surface area contributed by atoms with Crippen LogP contribution in [0.25, 0.3) is 6.08 Å². The Morgan fingerprint density at radius 1 is 1.08 bits per heavy atom. The SMILES string of the molecule is Cc1cccc(/C=C/C(=O)N(c2ccccc2)c2nc(C)cs2)c1. The Bertz CT molecular complexity index is 868. The molecule has 0 aliphatic heterocycles. The minimum absolute atomic E-state index is 0.114. The van der Waals surface area contributed by atoms with E-state index in [-0.39, 0.29) is 5.91 Å². The van der Waals surface area contributed by atoms with E-state index < -0.39 is 0 Å². The zero-order valence-corrected chi connectivity index (χ0v) is 14.5. The van der Waals surface area contributed by atoms with Crippen LogP contribution in [0, 0.1) is 13.8 Å². The highest BCUT2D eigenvalue weighted by Gasteiger charge is 2.18. The summed E-state index contributed by atoms with van der Waals surface area (Å²) in [5.41, 5.74) is 3.89. The van der Waals surface area contributed by atoms with Crippen molar-refractivity contribution < 1.29 is 4.79 Å². The van der Waals surface area contributed by atoms with Crippen molar-refractivity contribution in [3.05, 3.63) is 82.9 Å². The van der Waals surface area contributed by atoms with Gasteiger partial charge in [-0.3, -0.25) is 9.69 Å². The van der Waals surface area contributed by atoms with Crippen LogP contribution in [0.15, 0.2) is 66.1 Å². The van der Waals surface area contributed by atoms with Gasteiger partial charge in [0.25, 0.3) is 5.91 Å². The molecule has 0 N–H and O–H groups in total. The number of aryl methyl sites for hydroxylation is 2. The Morgan fingerprint density at radius 2 is 1.88 bits per heavy atom. The monoisotopic (exact) mass is 334 g/mol. The predicted octanol–water partition coefficient (Wildman–Crippen LogP) is 5.14. The summed E-state index contributed by atoms with van der Waals surface area (Å²) in [5, 5.41) is 2.63. The summed E-state index contributed by atoms with van der Waals surface area (Å²) in [6.45, 7) is 3.96. The summed E-state index contributed by atoms with van der Waals surface area (Å²) in [6.07, 6.45) is 3.43. The first kappa shape index (κ1) is 16.1. The topological polar surface area (TPSA) is 33.2 Å². The Labute approximate surface area is 145 Å². The second-order valence-electron chi connectivity index (χ2n) is 5.53. The number of para-hydroxylation sites is 1. The summed E-state index contributed by atoms with van der Waals surface area (Å²) >= 11 is 1.47. The van der Waals surface area contributed by atoms with Crippen molar-refractivity contribution in [2.24, 2.45) is 0 Å². The predicted molar refractivity (Wildman–Crippen MR) is 101 cm³/mol. The summed E-state index contributed by atoms with van der Waals surface area (Å²) in [4.78, 5) is 18.9. The van der Waals surface area contributed by atoms with Crippen LogP contribution in [0.4, 0.5) is 10.8 Å². The number of aromatic nitrogens is 1. The maximum Gasteiger partial charge on any atom is 0.257 e. The third-order valence-electron chi connectivity index (χ3n) is 3.49. The van der Waals surface area contributed by atoms with E-state index in [1.54, 1.807) is 11.0 Å². The standard InChI is InChI=1S/C20H18N2OS/c1-15-7-6-8-17(13-15)11-12-19(23)22(18-9-4-3-5-10-18)20-21-16(2)14-24-20/h3-14H,1-2H3/b12-11+. The Balaban J connectivity index is 1.92. The lowest BCUT2D eigenvalue weighted by atomic mass is 10.1. The van der Waals surface area contributed by atoms with Gasteiger partial charge in [0.05, 0.1) is 11.4 Å². The number of hydrogen-bond donors (Lipinski definition) is 0. The number of thiazole rings is 1. The average Bonchev–Trinajstić information content (AvgIpc) is 3.00. The molecule has 0 aliphatic rings. The van der Waals surface area contributed by atoms with Gasteiger partial charge < -0.3 is 0 Å². The molecule has 1 heterocycles. The Hall–Kier alpha value is -2.72. The number of carbonyl (C=O) groups is 1. The molecule has 3 nitrogen and oxygen atoms in total. The van der Waals surface area contributed by atoms with Gasteiger partial charge in [-0.05, 0) is 37.6 Å². The van der Waals surface area contributed by atoms with Gasteiger partial charge in [-0.25, -0.2) is 4.98 Å². The molecule has 1 aromatic heterocycles. The average molecular weight is 334 g/mol. The number of anilines is 2. The van der Waals surface area contributed by atoms with E-state index in [1.165, 1.54) is 16.9 Å². The van der Waals surface area contributed by atoms with Gasteiger partial charge in [-0.15, -0.1) is 11.3 Å². The number of rotatable bonds is 4. The highest BCUT2D eigenvalue weighted by molar-refractivity contribution is 7.14. The lowest BCUT2D eigenvalue weighted by Gasteiger charge is -2.18. The van der Waals surface area contributed by atoms with Crippen molar-refractivity contribution in [1.82, 2.24) is 4.98 Å². The summed E-state index contributed by atoms with van der Waals surface area (Å²) in [6, 6.07) is 17.6. The van der Waals surface area contributed by atoms with E-state index in [2.05, 4.69) is 4.98 Å². The highest BCUT2D eigenvalue weighted by atomic mass is 32.1. The van der Waals surface area contributed by atoms with E-state index >= 15 is 0 Å². The van der Waals surface area contributed by atoms with Crippen LogP contribution in [-0.2, 0) is 4.79 Å². The molecule has 0 saturated carbocycles. The molecule has 1 amide bonds. The van der Waals surface area contributed by atoms with Gasteiger partial charge in [0.15, 0.2) is 5.13 Å². The van der Waals surface area contributed by atoms with Gasteiger partial charge in [-0.2, -0.15) is 0 Å². The molecule has 4 heteroatoms. The van der Waals surface area contributed by atoms with E-state index in [0.717, 1.165) is 16.9 Å². The van der Waals surface area contributed by atoms with E-state index in [4.69, 9.17) is 0 Å². The molecule has 0 saturated heterocycles. The van der Waals surface area contributed by atoms with Crippen molar-refractivity contribution >= 4 is 34.1 Å². The molecular weight excluding hydrogens is 316 g/mol. The molecule has 0 unspecified atom stereocenters. The number of carbonyl (C=O) groups excluding carboxylic acids is 1. The van der Waals surface area contributed by atoms with Crippen LogP contribution in [0.5, 0.6) is 0 Å². The fourth-order valence-corrected chi connectivity index (χ4v) is 3.20. The largest absolute Gasteiger partial charge is 0.269 e. The molecule has 2 aromatic carbocycles. The van der Waals surface area contributed by atoms with E-state index in [0.29, 0.717) is 5.13 Å². The molecule has 3 rings (SSSR count). The van der Waals surface area contributed by atoms with Gasteiger partial charge in [0, 0.05) is 11.5 Å². The smallest absolute Gasteiger partial charge is 0.257 e. The summed E-state index contributed by atoms with van der Waals surface area (Å²) in [5.74, 6) is -0.114. The van der Waals surface area contributed by atoms with Crippen LogP contribution < -0.4 is 4.90 Å². The number of amides is 1. The molecule has 24 heavy (non-hydrogen) atoms. The first-order chi connectivity index (χ1) is 11.6. The third kappa shape index (κ3) is 3.78. The molecule has 0 radical (unpaired) electrons. The van der Waals surface area contributed by atoms with Crippen molar-refractivity contribution in [1.29, 1.82) is 0 Å². The van der Waals surface area contributed by atoms with Crippen molar-refractivity contribution in [2.75, 3.05) is 4.90 Å². The lowest BCUT2D eigenvalue weighted by molar-refractivity contribution is -0.113. The Kier molecular flexibility index (Phi) is 4.87. The van der Waals surface area contributed by atoms with Crippen LogP contribution in [0.2, 0.25) is 0 Å². The van der Waals surface area contributed by atoms with Gasteiger partial charge in [0.1, 0.15) is 0 Å². The molecule has 0 aliphatic carbocycles. The van der Waals surface area contributed by atoms with Gasteiger partial charge in [0.2, 0.25) is 0 Å². The number of benzene rings is 2. The van der Waals surface area contributed by atoms with Crippen molar-refractivity contribution in [3.8, 4) is 0 Å². The molecule has 0 bridgehead atoms. The van der Waals surface area contributed by atoms with Gasteiger partial charge >= 0.3 is 0 Å². The molecule has 0 fully saturated rings. The zero-order valence-electron chi connectivity index (χ0n) is 13.6. The Morgan fingerprint density at radius 3 is 2.54 bits per heavy atom. The molecular formula is C20H18N2OS. The minimum Gasteiger partial charge on any atom is -0.269 e. The first-order valence-corrected chi connectivity index (χ1v) is 8.57. The minimum atomic E-state index is -0.114. The molecule has 120 valence electrons. The number of nitrogens with zero attached hydrogens (tertiary/aromatic N) is 2. The quantitative estimate of drug-likeness (QED) is 0.619. The first-order valence-electron chi connectivity index (χ1n) is 7.69. The number of hydrogen-bond acceptors (Lipinski definition) is 3. The maximum absolute atomic E-state index is 12.8. The van der Waals surface area contributed by atoms with Crippen LogP contribution in [0.1, 0.15) is 16.8 Å². The van der Waals surface area contributed by atoms with Crippen molar-refractivity contribution in [3.63, 3.8) is 0 Å². The second kappa shape index (κ2) is 7.23. The van der Waals surface area contributed by atoms with E-state index in [9.17, 15) is 4.79 Å². The van der Waals surface area contributed by atoms with Crippen LogP contribution in [-0.4, -0.2) is 10.9 Å². The fraction of sp³-hybridized carbons (Fsp3) is 0.100. The zero-order chi connectivity index (χ0) is 16.9. The van der Waals surface area contributed by atoms with Crippen LogP contribution >= 0.6 is 11.3 Å². The highest BCUT2D eigenvalue weighted by Crippen LogP contribution is 2.28. The summed E-state index contributed by atoms with van der Waals surface area (Å²) < 4.78 is 0. The molecule has 3 aromatic rings. The second-order valence-corrected chi connectivity index (χ2v) is 6.36. The van der Waals surface area contributed by atoms with Crippen LogP contribution in [0.3, 0.4) is 0 Å². The fourth-order valence-electron chi connectivity index (χ4n) is 2.37. The molecule has 0 atom stereocenters. The summed E-state index contributed by atoms with van der Waals surface area (Å²) in [7, 11) is 0. The van der Waals surface area contributed by atoms with Gasteiger partial charge in [-0.1, -0.05) is 48.0 Å².